The second kappa shape index (κ2) is 10.5. The van der Waals surface area contributed by atoms with E-state index in [9.17, 15) is 0 Å². The van der Waals surface area contributed by atoms with Gasteiger partial charge < -0.3 is 0 Å². The Kier molecular flexibility index (Phi) is 6.30. The summed E-state index contributed by atoms with van der Waals surface area (Å²) in [7, 11) is 0. The minimum absolute atomic E-state index is 0.354. The quantitative estimate of drug-likeness (QED) is 0.263. The van der Waals surface area contributed by atoms with Crippen molar-refractivity contribution < 1.29 is 4.11 Å². The standard InChI is InChI=1S/C37H43N/c1-26-7-8-33(35-23-27(19-22-38-35)25-36(2,3)4)24-34(26)32-15-13-29(14-16-32)28-9-11-30(12-10-28)31-17-20-37(5,6)21-18-31/h7-16,19,22-24,31H,17-18,20-21,25H2,1-6H3/i25D2,31D. The summed E-state index contributed by atoms with van der Waals surface area (Å²) in [4.78, 5) is 4.60. The molecule has 0 atom stereocenters. The smallest absolute Gasteiger partial charge is 0.0704 e. The van der Waals surface area contributed by atoms with Crippen LogP contribution in [0.1, 0.15) is 87.0 Å². The Balaban J connectivity index is 1.38. The van der Waals surface area contributed by atoms with Crippen molar-refractivity contribution in [3.05, 3.63) is 102 Å². The summed E-state index contributed by atoms with van der Waals surface area (Å²) in [5.41, 5.74) is 9.17. The first-order chi connectivity index (χ1) is 19.2. The summed E-state index contributed by atoms with van der Waals surface area (Å²) in [6, 6.07) is 27.4. The van der Waals surface area contributed by atoms with Crippen LogP contribution in [0.15, 0.2) is 85.1 Å². The lowest BCUT2D eigenvalue weighted by Gasteiger charge is -2.34. The van der Waals surface area contributed by atoms with Crippen LogP contribution in [0.25, 0.3) is 33.5 Å². The van der Waals surface area contributed by atoms with Crippen molar-refractivity contribution in [1.29, 1.82) is 0 Å². The molecule has 1 heterocycles. The number of nitrogens with zero attached hydrogens (tertiary/aromatic N) is 1. The van der Waals surface area contributed by atoms with Crippen molar-refractivity contribution in [2.24, 2.45) is 10.8 Å². The third kappa shape index (κ3) is 6.26. The Morgan fingerprint density at radius 3 is 2.03 bits per heavy atom. The molecular weight excluding hydrogens is 458 g/mol. The number of aryl methyl sites for hydroxylation is 1. The molecule has 4 aromatic rings. The van der Waals surface area contributed by atoms with E-state index < -0.39 is 17.7 Å². The molecule has 5 rings (SSSR count). The summed E-state index contributed by atoms with van der Waals surface area (Å²) in [5.74, 6) is -0.468. The van der Waals surface area contributed by atoms with E-state index in [1.54, 1.807) is 12.3 Å². The second-order valence-electron chi connectivity index (χ2n) is 12.8. The van der Waals surface area contributed by atoms with E-state index >= 15 is 0 Å². The molecule has 196 valence electrons. The van der Waals surface area contributed by atoms with Gasteiger partial charge in [0.25, 0.3) is 0 Å². The molecule has 1 aliphatic rings. The molecule has 0 spiro atoms. The molecule has 1 nitrogen and oxygen atoms in total. The molecule has 0 saturated heterocycles. The first kappa shape index (κ1) is 22.8. The van der Waals surface area contributed by atoms with E-state index in [1.165, 1.54) is 11.1 Å². The summed E-state index contributed by atoms with van der Waals surface area (Å²) in [5, 5.41) is 0. The van der Waals surface area contributed by atoms with Crippen molar-refractivity contribution in [3.8, 4) is 33.5 Å². The van der Waals surface area contributed by atoms with Gasteiger partial charge in [-0.15, -0.1) is 0 Å². The van der Waals surface area contributed by atoms with Crippen molar-refractivity contribution in [2.75, 3.05) is 0 Å². The number of aromatic nitrogens is 1. The fraction of sp³-hybridized carbons (Fsp3) is 0.378. The lowest BCUT2D eigenvalue weighted by molar-refractivity contribution is 0.224. The molecule has 1 heteroatoms. The van der Waals surface area contributed by atoms with Gasteiger partial charge in [0.15, 0.2) is 0 Å². The van der Waals surface area contributed by atoms with Gasteiger partial charge in [0.2, 0.25) is 0 Å². The lowest BCUT2D eigenvalue weighted by Crippen LogP contribution is -2.20. The van der Waals surface area contributed by atoms with Crippen molar-refractivity contribution in [3.63, 3.8) is 0 Å². The van der Waals surface area contributed by atoms with Gasteiger partial charge >= 0.3 is 0 Å². The predicted molar refractivity (Wildman–Crippen MR) is 163 cm³/mol. The number of hydrogen-bond acceptors (Lipinski definition) is 1. The Morgan fingerprint density at radius 1 is 0.816 bits per heavy atom. The molecule has 1 fully saturated rings. The van der Waals surface area contributed by atoms with Gasteiger partial charge in [-0.2, -0.15) is 0 Å². The zero-order valence-electron chi connectivity index (χ0n) is 26.9. The molecule has 1 aliphatic carbocycles. The normalized spacial score (nSPS) is 18.3. The van der Waals surface area contributed by atoms with Gasteiger partial charge in [-0.3, -0.25) is 4.98 Å². The minimum atomic E-state index is -1.47. The van der Waals surface area contributed by atoms with Crippen LogP contribution in [0.4, 0.5) is 0 Å². The number of rotatable bonds is 5. The largest absolute Gasteiger partial charge is 0.256 e. The summed E-state index contributed by atoms with van der Waals surface area (Å²) < 4.78 is 26.5. The molecule has 3 aromatic carbocycles. The zero-order valence-corrected chi connectivity index (χ0v) is 23.9. The highest BCUT2D eigenvalue weighted by molar-refractivity contribution is 5.76. The molecular formula is C37H43N. The predicted octanol–water partition coefficient (Wildman–Crippen LogP) is 10.7. The number of benzene rings is 3. The zero-order chi connectivity index (χ0) is 29.6. The summed E-state index contributed by atoms with van der Waals surface area (Å²) in [6.07, 6.45) is 4.31. The fourth-order valence-electron chi connectivity index (χ4n) is 5.45. The van der Waals surface area contributed by atoms with Crippen LogP contribution in [0, 0.1) is 17.8 Å². The molecule has 38 heavy (non-hydrogen) atoms. The lowest BCUT2D eigenvalue weighted by atomic mass is 9.71. The van der Waals surface area contributed by atoms with E-state index in [-0.39, 0.29) is 0 Å². The third-order valence-corrected chi connectivity index (χ3v) is 7.84. The van der Waals surface area contributed by atoms with Crippen LogP contribution in [0.3, 0.4) is 0 Å². The molecule has 0 bridgehead atoms. The SMILES string of the molecule is [2H]C1(c2ccc(-c3ccc(-c4cc(-c5cc(C([2H])([2H])C(C)(C)C)ccn5)ccc4C)cc3)cc2)CCC(C)(C)CC1. The van der Waals surface area contributed by atoms with Gasteiger partial charge in [-0.1, -0.05) is 95.3 Å². The van der Waals surface area contributed by atoms with Gasteiger partial charge in [-0.05, 0) is 113 Å². The molecule has 1 saturated carbocycles. The monoisotopic (exact) mass is 504 g/mol. The highest BCUT2D eigenvalue weighted by Gasteiger charge is 2.27. The molecule has 0 radical (unpaired) electrons. The summed E-state index contributed by atoms with van der Waals surface area (Å²) in [6.45, 7) is 12.5. The average molecular weight is 505 g/mol. The maximum atomic E-state index is 9.08. The maximum absolute atomic E-state index is 9.08. The highest BCUT2D eigenvalue weighted by atomic mass is 14.7. The van der Waals surface area contributed by atoms with Crippen LogP contribution < -0.4 is 0 Å². The van der Waals surface area contributed by atoms with E-state index in [4.69, 9.17) is 4.11 Å². The Labute approximate surface area is 234 Å². The first-order valence-electron chi connectivity index (χ1n) is 15.5. The van der Waals surface area contributed by atoms with Gasteiger partial charge in [-0.25, -0.2) is 0 Å². The van der Waals surface area contributed by atoms with Crippen molar-refractivity contribution >= 4 is 0 Å². The van der Waals surface area contributed by atoms with Crippen LogP contribution in [-0.2, 0) is 6.37 Å². The van der Waals surface area contributed by atoms with E-state index in [0.29, 0.717) is 11.0 Å². The first-order valence-corrected chi connectivity index (χ1v) is 14.0. The van der Waals surface area contributed by atoms with E-state index in [2.05, 4.69) is 92.5 Å². The fourth-order valence-corrected chi connectivity index (χ4v) is 5.45. The summed E-state index contributed by atoms with van der Waals surface area (Å²) >= 11 is 0. The topological polar surface area (TPSA) is 12.9 Å². The van der Waals surface area contributed by atoms with Crippen molar-refractivity contribution in [2.45, 2.75) is 79.5 Å². The Hall–Kier alpha value is -3.19. The third-order valence-electron chi connectivity index (χ3n) is 7.84. The molecule has 0 amide bonds. The molecule has 0 N–H and O–H groups in total. The Bertz CT molecular complexity index is 1520. The minimum Gasteiger partial charge on any atom is -0.256 e. The van der Waals surface area contributed by atoms with Gasteiger partial charge in [0, 0.05) is 15.9 Å². The molecule has 1 aromatic heterocycles. The van der Waals surface area contributed by atoms with E-state index in [1.807, 2.05) is 26.8 Å². The van der Waals surface area contributed by atoms with Crippen LogP contribution in [-0.4, -0.2) is 4.98 Å². The van der Waals surface area contributed by atoms with E-state index in [0.717, 1.165) is 59.2 Å². The van der Waals surface area contributed by atoms with Crippen LogP contribution in [0.2, 0.25) is 0 Å². The Morgan fingerprint density at radius 2 is 1.39 bits per heavy atom. The second-order valence-corrected chi connectivity index (χ2v) is 12.8. The average Bonchev–Trinajstić information content (AvgIpc) is 2.95. The van der Waals surface area contributed by atoms with Gasteiger partial charge in [0.1, 0.15) is 0 Å². The van der Waals surface area contributed by atoms with Gasteiger partial charge in [0.05, 0.1) is 5.69 Å². The molecule has 0 unspecified atom stereocenters. The number of hydrogen-bond donors (Lipinski definition) is 0. The maximum Gasteiger partial charge on any atom is 0.0704 e. The van der Waals surface area contributed by atoms with Crippen molar-refractivity contribution in [1.82, 2.24) is 4.98 Å². The number of pyridine rings is 1. The van der Waals surface area contributed by atoms with Crippen LogP contribution in [0.5, 0.6) is 0 Å². The highest BCUT2D eigenvalue weighted by Crippen LogP contribution is 2.42. The van der Waals surface area contributed by atoms with Crippen LogP contribution >= 0.6 is 0 Å². The molecule has 0 aliphatic heterocycles.